The Balaban J connectivity index is 1.81. The number of anilines is 1. The second-order valence-corrected chi connectivity index (χ2v) is 8.23. The second kappa shape index (κ2) is 8.18. The molecule has 2 aromatic heterocycles. The zero-order chi connectivity index (χ0) is 20.4. The van der Waals surface area contributed by atoms with Gasteiger partial charge in [0.25, 0.3) is 11.5 Å². The van der Waals surface area contributed by atoms with E-state index in [1.165, 1.54) is 11.3 Å². The molecule has 0 radical (unpaired) electrons. The van der Waals surface area contributed by atoms with Gasteiger partial charge in [-0.15, -0.1) is 11.3 Å². The number of hydrogen-bond donors (Lipinski definition) is 0. The van der Waals surface area contributed by atoms with E-state index in [-0.39, 0.29) is 17.9 Å². The van der Waals surface area contributed by atoms with E-state index in [9.17, 15) is 9.59 Å². The molecule has 4 rings (SSSR count). The molecule has 0 aliphatic carbocycles. The van der Waals surface area contributed by atoms with Gasteiger partial charge in [0.15, 0.2) is 0 Å². The maximum Gasteiger partial charge on any atom is 0.268 e. The highest BCUT2D eigenvalue weighted by Crippen LogP contribution is 2.30. The van der Waals surface area contributed by atoms with Gasteiger partial charge >= 0.3 is 0 Å². The molecule has 0 unspecified atom stereocenters. The standard InChI is InChI=1S/C22H22N4O2S/c1-15-18-20(24-17-11-6-3-7-13-26(17)21(18)27)29-19(15)22(28)25(14-8-12-23)16-9-4-2-5-10-16/h2,4-5,9-10H,3,6-8,11,13-14H2,1H3. The van der Waals surface area contributed by atoms with E-state index < -0.39 is 0 Å². The van der Waals surface area contributed by atoms with Crippen molar-refractivity contribution in [1.82, 2.24) is 9.55 Å². The lowest BCUT2D eigenvalue weighted by Crippen LogP contribution is -2.31. The van der Waals surface area contributed by atoms with E-state index in [1.807, 2.05) is 37.3 Å². The summed E-state index contributed by atoms with van der Waals surface area (Å²) in [6.07, 6.45) is 4.14. The molecule has 1 aromatic carbocycles. The summed E-state index contributed by atoms with van der Waals surface area (Å²) < 4.78 is 1.79. The van der Waals surface area contributed by atoms with Crippen molar-refractivity contribution in [2.75, 3.05) is 11.4 Å². The van der Waals surface area contributed by atoms with E-state index in [2.05, 4.69) is 6.07 Å². The topological polar surface area (TPSA) is 79.0 Å². The zero-order valence-corrected chi connectivity index (χ0v) is 17.2. The number of carbonyl (C=O) groups is 1. The number of rotatable bonds is 4. The van der Waals surface area contributed by atoms with Gasteiger partial charge in [-0.3, -0.25) is 14.2 Å². The van der Waals surface area contributed by atoms with Gasteiger partial charge in [0.1, 0.15) is 10.7 Å². The van der Waals surface area contributed by atoms with Gasteiger partial charge in [0, 0.05) is 25.2 Å². The molecule has 0 spiro atoms. The predicted molar refractivity (Wildman–Crippen MR) is 115 cm³/mol. The summed E-state index contributed by atoms with van der Waals surface area (Å²) in [7, 11) is 0. The van der Waals surface area contributed by atoms with Crippen LogP contribution >= 0.6 is 11.3 Å². The van der Waals surface area contributed by atoms with Gasteiger partial charge in [-0.25, -0.2) is 4.98 Å². The van der Waals surface area contributed by atoms with Crippen LogP contribution in [0.1, 0.15) is 46.7 Å². The highest BCUT2D eigenvalue weighted by molar-refractivity contribution is 7.20. The zero-order valence-electron chi connectivity index (χ0n) is 16.4. The molecule has 1 aliphatic rings. The number of hydrogen-bond acceptors (Lipinski definition) is 5. The van der Waals surface area contributed by atoms with Crippen molar-refractivity contribution < 1.29 is 4.79 Å². The Kier molecular flexibility index (Phi) is 5.45. The largest absolute Gasteiger partial charge is 0.307 e. The fourth-order valence-electron chi connectivity index (χ4n) is 3.85. The van der Waals surface area contributed by atoms with E-state index in [4.69, 9.17) is 10.2 Å². The van der Waals surface area contributed by atoms with Crippen molar-refractivity contribution in [2.45, 2.75) is 45.6 Å². The summed E-state index contributed by atoms with van der Waals surface area (Å²) in [5, 5.41) is 9.58. The van der Waals surface area contributed by atoms with Gasteiger partial charge < -0.3 is 4.90 Å². The van der Waals surface area contributed by atoms with Crippen molar-refractivity contribution in [2.24, 2.45) is 0 Å². The summed E-state index contributed by atoms with van der Waals surface area (Å²) in [4.78, 5) is 34.1. The maximum absolute atomic E-state index is 13.4. The third-order valence-corrected chi connectivity index (χ3v) is 6.54. The summed E-state index contributed by atoms with van der Waals surface area (Å²) in [5.74, 6) is 0.635. The van der Waals surface area contributed by atoms with Crippen LogP contribution in [0.25, 0.3) is 10.2 Å². The molecule has 29 heavy (non-hydrogen) atoms. The summed E-state index contributed by atoms with van der Waals surface area (Å²) in [5.41, 5.74) is 1.39. The lowest BCUT2D eigenvalue weighted by Gasteiger charge is -2.21. The number of aromatic nitrogens is 2. The number of nitrogens with zero attached hydrogens (tertiary/aromatic N) is 4. The van der Waals surface area contributed by atoms with E-state index in [1.54, 1.807) is 9.47 Å². The van der Waals surface area contributed by atoms with Crippen molar-refractivity contribution in [3.8, 4) is 6.07 Å². The van der Waals surface area contributed by atoms with Crippen LogP contribution in [-0.2, 0) is 13.0 Å². The maximum atomic E-state index is 13.4. The fourth-order valence-corrected chi connectivity index (χ4v) is 4.99. The molecule has 0 atom stereocenters. The van der Waals surface area contributed by atoms with E-state index in [0.717, 1.165) is 37.2 Å². The van der Waals surface area contributed by atoms with Gasteiger partial charge in [0.05, 0.1) is 22.8 Å². The lowest BCUT2D eigenvalue weighted by molar-refractivity contribution is 0.0991. The van der Waals surface area contributed by atoms with Gasteiger partial charge in [-0.2, -0.15) is 5.26 Å². The van der Waals surface area contributed by atoms with Crippen molar-refractivity contribution in [1.29, 1.82) is 5.26 Å². The minimum Gasteiger partial charge on any atom is -0.307 e. The van der Waals surface area contributed by atoms with Crippen LogP contribution in [0.15, 0.2) is 35.1 Å². The number of para-hydroxylation sites is 1. The number of thiophene rings is 1. The SMILES string of the molecule is Cc1c(C(=O)N(CCC#N)c2ccccc2)sc2nc3n(c(=O)c12)CCCCC3. The second-order valence-electron chi connectivity index (χ2n) is 7.23. The molecule has 7 heteroatoms. The quantitative estimate of drug-likeness (QED) is 0.655. The Bertz CT molecular complexity index is 1160. The van der Waals surface area contributed by atoms with Crippen LogP contribution in [-0.4, -0.2) is 22.0 Å². The molecule has 0 bridgehead atoms. The summed E-state index contributed by atoms with van der Waals surface area (Å²) >= 11 is 1.28. The number of nitriles is 1. The predicted octanol–water partition coefficient (Wildman–Crippen LogP) is 4.05. The van der Waals surface area contributed by atoms with E-state index in [0.29, 0.717) is 33.7 Å². The lowest BCUT2D eigenvalue weighted by atomic mass is 10.1. The van der Waals surface area contributed by atoms with Crippen LogP contribution < -0.4 is 10.5 Å². The Hall–Kier alpha value is -2.98. The Morgan fingerprint density at radius 3 is 2.83 bits per heavy atom. The number of carbonyl (C=O) groups excluding carboxylic acids is 1. The van der Waals surface area contributed by atoms with Crippen LogP contribution in [0, 0.1) is 18.3 Å². The molecule has 6 nitrogen and oxygen atoms in total. The van der Waals surface area contributed by atoms with Crippen LogP contribution in [0.4, 0.5) is 5.69 Å². The molecule has 0 saturated carbocycles. The number of fused-ring (bicyclic) bond motifs is 2. The van der Waals surface area contributed by atoms with Crippen molar-refractivity contribution in [3.05, 3.63) is 57.0 Å². The normalized spacial score (nSPS) is 13.5. The minimum atomic E-state index is -0.188. The molecule has 1 aliphatic heterocycles. The highest BCUT2D eigenvalue weighted by Gasteiger charge is 2.26. The number of amides is 1. The molecule has 3 aromatic rings. The highest BCUT2D eigenvalue weighted by atomic mass is 32.1. The molecule has 0 N–H and O–H groups in total. The number of aryl methyl sites for hydroxylation is 2. The molecule has 0 fully saturated rings. The first-order valence-electron chi connectivity index (χ1n) is 9.88. The molecule has 3 heterocycles. The third kappa shape index (κ3) is 3.56. The average molecular weight is 407 g/mol. The first kappa shape index (κ1) is 19.3. The monoisotopic (exact) mass is 406 g/mol. The molecular formula is C22H22N4O2S. The van der Waals surface area contributed by atoms with Crippen LogP contribution in [0.3, 0.4) is 0 Å². The van der Waals surface area contributed by atoms with Gasteiger partial charge in [-0.1, -0.05) is 24.6 Å². The molecular weight excluding hydrogens is 384 g/mol. The van der Waals surface area contributed by atoms with Crippen LogP contribution in [0.5, 0.6) is 0 Å². The first-order chi connectivity index (χ1) is 14.1. The summed E-state index contributed by atoms with van der Waals surface area (Å²) in [6, 6.07) is 11.4. The first-order valence-corrected chi connectivity index (χ1v) is 10.7. The molecule has 1 amide bonds. The van der Waals surface area contributed by atoms with Crippen LogP contribution in [0.2, 0.25) is 0 Å². The fraction of sp³-hybridized carbons (Fsp3) is 0.364. The Morgan fingerprint density at radius 2 is 2.07 bits per heavy atom. The van der Waals surface area contributed by atoms with Gasteiger partial charge in [0.2, 0.25) is 0 Å². The number of benzene rings is 1. The average Bonchev–Trinajstić information content (AvgIpc) is 2.90. The minimum absolute atomic E-state index is 0.0389. The Labute approximate surface area is 173 Å². The smallest absolute Gasteiger partial charge is 0.268 e. The summed E-state index contributed by atoms with van der Waals surface area (Å²) in [6.45, 7) is 2.82. The molecule has 0 saturated heterocycles. The Morgan fingerprint density at radius 1 is 1.28 bits per heavy atom. The van der Waals surface area contributed by atoms with Gasteiger partial charge in [-0.05, 0) is 37.5 Å². The van der Waals surface area contributed by atoms with Crippen molar-refractivity contribution >= 4 is 33.1 Å². The van der Waals surface area contributed by atoms with Crippen molar-refractivity contribution in [3.63, 3.8) is 0 Å². The van der Waals surface area contributed by atoms with E-state index >= 15 is 0 Å². The third-order valence-electron chi connectivity index (χ3n) is 5.37. The molecule has 148 valence electrons.